The first-order chi connectivity index (χ1) is 14.6. The highest BCUT2D eigenvalue weighted by atomic mass is 32.1. The Morgan fingerprint density at radius 2 is 1.83 bits per heavy atom. The molecular weight excluding hydrogens is 400 g/mol. The van der Waals surface area contributed by atoms with Crippen LogP contribution < -0.4 is 10.2 Å². The third kappa shape index (κ3) is 4.49. The van der Waals surface area contributed by atoms with E-state index in [1.807, 2.05) is 29.6 Å². The second-order valence-corrected chi connectivity index (χ2v) is 8.02. The fourth-order valence-electron chi connectivity index (χ4n) is 3.47. The third-order valence-electron chi connectivity index (χ3n) is 5.19. The van der Waals surface area contributed by atoms with Crippen molar-refractivity contribution in [2.75, 3.05) is 30.4 Å². The molecule has 0 aliphatic carbocycles. The van der Waals surface area contributed by atoms with Crippen molar-refractivity contribution in [3.8, 4) is 10.6 Å². The maximum absolute atomic E-state index is 12.6. The van der Waals surface area contributed by atoms with Crippen molar-refractivity contribution < 1.29 is 14.3 Å². The van der Waals surface area contributed by atoms with Gasteiger partial charge in [-0.3, -0.25) is 4.79 Å². The predicted octanol–water partition coefficient (Wildman–Crippen LogP) is 3.85. The van der Waals surface area contributed by atoms with Crippen LogP contribution in [0, 0.1) is 5.92 Å². The van der Waals surface area contributed by atoms with E-state index in [1.54, 1.807) is 35.6 Å². The molecule has 1 fully saturated rings. The van der Waals surface area contributed by atoms with E-state index in [0.717, 1.165) is 42.3 Å². The van der Waals surface area contributed by atoms with Gasteiger partial charge in [0.25, 0.3) is 0 Å². The normalized spacial score (nSPS) is 14.4. The standard InChI is InChI=1S/C22H22N4O3S/c1-29-22(28)16-4-6-17(7-5-16)23-21(27)15-10-12-26(13-11-15)20-9-8-18(24-25-20)19-3-2-14-30-19/h2-9,14-15H,10-13H2,1H3,(H,23,27). The van der Waals surface area contributed by atoms with Gasteiger partial charge in [0.05, 0.1) is 17.6 Å². The largest absolute Gasteiger partial charge is 0.465 e. The van der Waals surface area contributed by atoms with Crippen LogP contribution in [0.2, 0.25) is 0 Å². The van der Waals surface area contributed by atoms with Crippen molar-refractivity contribution in [2.45, 2.75) is 12.8 Å². The molecule has 1 aromatic carbocycles. The zero-order chi connectivity index (χ0) is 20.9. The second kappa shape index (κ2) is 9.04. The zero-order valence-corrected chi connectivity index (χ0v) is 17.4. The van der Waals surface area contributed by atoms with E-state index in [2.05, 4.69) is 25.2 Å². The number of thiophene rings is 1. The number of benzene rings is 1. The second-order valence-electron chi connectivity index (χ2n) is 7.07. The van der Waals surface area contributed by atoms with Gasteiger partial charge in [-0.15, -0.1) is 21.5 Å². The van der Waals surface area contributed by atoms with Crippen LogP contribution in [0.1, 0.15) is 23.2 Å². The molecule has 3 heterocycles. The molecule has 0 radical (unpaired) electrons. The molecule has 1 aliphatic heterocycles. The zero-order valence-electron chi connectivity index (χ0n) is 16.6. The van der Waals surface area contributed by atoms with Gasteiger partial charge in [-0.25, -0.2) is 4.79 Å². The van der Waals surface area contributed by atoms with Gasteiger partial charge in [0, 0.05) is 24.7 Å². The first kappa shape index (κ1) is 20.0. The molecule has 30 heavy (non-hydrogen) atoms. The summed E-state index contributed by atoms with van der Waals surface area (Å²) in [5.41, 5.74) is 2.00. The Bertz CT molecular complexity index is 996. The van der Waals surface area contributed by atoms with Crippen LogP contribution in [0.4, 0.5) is 11.5 Å². The van der Waals surface area contributed by atoms with Crippen LogP contribution in [0.3, 0.4) is 0 Å². The minimum absolute atomic E-state index is 0.000374. The maximum atomic E-state index is 12.6. The SMILES string of the molecule is COC(=O)c1ccc(NC(=O)C2CCN(c3ccc(-c4cccs4)nn3)CC2)cc1. The Hall–Kier alpha value is -3.26. The van der Waals surface area contributed by atoms with Gasteiger partial charge in [0.1, 0.15) is 5.69 Å². The van der Waals surface area contributed by atoms with Crippen LogP contribution in [-0.4, -0.2) is 42.3 Å². The minimum Gasteiger partial charge on any atom is -0.465 e. The van der Waals surface area contributed by atoms with Crippen molar-refractivity contribution in [1.29, 1.82) is 0 Å². The fourth-order valence-corrected chi connectivity index (χ4v) is 4.16. The van der Waals surface area contributed by atoms with Gasteiger partial charge in [-0.2, -0.15) is 0 Å². The van der Waals surface area contributed by atoms with Gasteiger partial charge in [-0.05, 0) is 60.7 Å². The number of esters is 1. The number of ether oxygens (including phenoxy) is 1. The first-order valence-electron chi connectivity index (χ1n) is 9.76. The van der Waals surface area contributed by atoms with Crippen LogP contribution in [0.5, 0.6) is 0 Å². The lowest BCUT2D eigenvalue weighted by atomic mass is 9.95. The molecule has 1 aliphatic rings. The molecule has 0 spiro atoms. The third-order valence-corrected chi connectivity index (χ3v) is 6.08. The smallest absolute Gasteiger partial charge is 0.337 e. The molecule has 7 nitrogen and oxygen atoms in total. The molecule has 0 atom stereocenters. The van der Waals surface area contributed by atoms with Gasteiger partial charge < -0.3 is 15.0 Å². The monoisotopic (exact) mass is 422 g/mol. The molecule has 1 N–H and O–H groups in total. The number of aromatic nitrogens is 2. The maximum Gasteiger partial charge on any atom is 0.337 e. The van der Waals surface area contributed by atoms with E-state index >= 15 is 0 Å². The quantitative estimate of drug-likeness (QED) is 0.629. The summed E-state index contributed by atoms with van der Waals surface area (Å²) < 4.78 is 4.68. The molecule has 0 unspecified atom stereocenters. The highest BCUT2D eigenvalue weighted by molar-refractivity contribution is 7.13. The number of carbonyl (C=O) groups excluding carboxylic acids is 2. The van der Waals surface area contributed by atoms with Crippen LogP contribution in [0.15, 0.2) is 53.9 Å². The number of carbonyl (C=O) groups is 2. The summed E-state index contributed by atoms with van der Waals surface area (Å²) in [4.78, 5) is 27.4. The number of rotatable bonds is 5. The van der Waals surface area contributed by atoms with Crippen molar-refractivity contribution in [2.24, 2.45) is 5.92 Å². The number of piperidine rings is 1. The summed E-state index contributed by atoms with van der Waals surface area (Å²) >= 11 is 1.64. The van der Waals surface area contributed by atoms with Crippen molar-refractivity contribution in [3.05, 3.63) is 59.5 Å². The van der Waals surface area contributed by atoms with E-state index in [0.29, 0.717) is 11.3 Å². The number of hydrogen-bond donors (Lipinski definition) is 1. The fraction of sp³-hybridized carbons (Fsp3) is 0.273. The van der Waals surface area contributed by atoms with Crippen molar-refractivity contribution >= 4 is 34.7 Å². The highest BCUT2D eigenvalue weighted by Gasteiger charge is 2.26. The average Bonchev–Trinajstić information content (AvgIpc) is 3.34. The molecule has 0 bridgehead atoms. The average molecular weight is 423 g/mol. The van der Waals surface area contributed by atoms with Crippen LogP contribution in [-0.2, 0) is 9.53 Å². The minimum atomic E-state index is -0.397. The number of hydrogen-bond acceptors (Lipinski definition) is 7. The van der Waals surface area contributed by atoms with Gasteiger partial charge in [0.15, 0.2) is 5.82 Å². The van der Waals surface area contributed by atoms with E-state index in [4.69, 9.17) is 0 Å². The van der Waals surface area contributed by atoms with Crippen molar-refractivity contribution in [3.63, 3.8) is 0 Å². The van der Waals surface area contributed by atoms with E-state index in [9.17, 15) is 9.59 Å². The molecule has 3 aromatic rings. The lowest BCUT2D eigenvalue weighted by molar-refractivity contribution is -0.120. The number of amides is 1. The van der Waals surface area contributed by atoms with Crippen LogP contribution >= 0.6 is 11.3 Å². The molecule has 4 rings (SSSR count). The first-order valence-corrected chi connectivity index (χ1v) is 10.6. The summed E-state index contributed by atoms with van der Waals surface area (Å²) in [5.74, 6) is 0.388. The number of nitrogens with zero attached hydrogens (tertiary/aromatic N) is 3. The van der Waals surface area contributed by atoms with E-state index in [-0.39, 0.29) is 11.8 Å². The van der Waals surface area contributed by atoms with Crippen molar-refractivity contribution in [1.82, 2.24) is 10.2 Å². The Kier molecular flexibility index (Phi) is 6.04. The lowest BCUT2D eigenvalue weighted by Gasteiger charge is -2.31. The Morgan fingerprint density at radius 3 is 2.43 bits per heavy atom. The van der Waals surface area contributed by atoms with Gasteiger partial charge >= 0.3 is 5.97 Å². The topological polar surface area (TPSA) is 84.4 Å². The number of nitrogens with one attached hydrogen (secondary N) is 1. The summed E-state index contributed by atoms with van der Waals surface area (Å²) in [6.45, 7) is 1.51. The molecule has 0 saturated carbocycles. The van der Waals surface area contributed by atoms with Gasteiger partial charge in [0.2, 0.25) is 5.91 Å². The highest BCUT2D eigenvalue weighted by Crippen LogP contribution is 2.26. The summed E-state index contributed by atoms with van der Waals surface area (Å²) in [5, 5.41) is 13.7. The Labute approximate surface area is 178 Å². The van der Waals surface area contributed by atoms with Gasteiger partial charge in [-0.1, -0.05) is 6.07 Å². The molecule has 154 valence electrons. The molecule has 1 amide bonds. The Balaban J connectivity index is 1.30. The summed E-state index contributed by atoms with van der Waals surface area (Å²) in [6.07, 6.45) is 1.50. The van der Waals surface area contributed by atoms with Crippen LogP contribution in [0.25, 0.3) is 10.6 Å². The Morgan fingerprint density at radius 1 is 1.07 bits per heavy atom. The lowest BCUT2D eigenvalue weighted by Crippen LogP contribution is -2.38. The molecule has 2 aromatic heterocycles. The number of anilines is 2. The molecular formula is C22H22N4O3S. The number of methoxy groups -OCH3 is 1. The van der Waals surface area contributed by atoms with E-state index in [1.165, 1.54) is 7.11 Å². The summed E-state index contributed by atoms with van der Waals surface area (Å²) in [6, 6.07) is 14.7. The molecule has 1 saturated heterocycles. The predicted molar refractivity (Wildman–Crippen MR) is 117 cm³/mol. The molecule has 8 heteroatoms. The van der Waals surface area contributed by atoms with E-state index < -0.39 is 5.97 Å². The summed E-state index contributed by atoms with van der Waals surface area (Å²) in [7, 11) is 1.34.